The highest BCUT2D eigenvalue weighted by Crippen LogP contribution is 2.16. The smallest absolute Gasteiger partial charge is 0.153 e. The van der Waals surface area contributed by atoms with Crippen LogP contribution in [0.3, 0.4) is 0 Å². The molecule has 0 aliphatic heterocycles. The molecule has 1 aromatic carbocycles. The van der Waals surface area contributed by atoms with Crippen molar-refractivity contribution >= 4 is 21.4 Å². The molecule has 0 heterocycles. The number of aryl methyl sites for hydroxylation is 1. The summed E-state index contributed by atoms with van der Waals surface area (Å²) >= 11 is 5.90. The van der Waals surface area contributed by atoms with Crippen LogP contribution in [0.4, 0.5) is 0 Å². The number of sulfone groups is 1. The van der Waals surface area contributed by atoms with Crippen LogP contribution in [-0.2, 0) is 16.3 Å². The number of rotatable bonds is 6. The molecule has 0 unspecified atom stereocenters. The molecule has 17 heavy (non-hydrogen) atoms. The molecule has 0 radical (unpaired) electrons. The van der Waals surface area contributed by atoms with Crippen molar-refractivity contribution in [3.8, 4) is 0 Å². The zero-order chi connectivity index (χ0) is 12.9. The minimum atomic E-state index is -3.38. The summed E-state index contributed by atoms with van der Waals surface area (Å²) in [5.41, 5.74) is 0.760. The standard InChI is InChI=1S/C11H15ClO4S/c12-11-4-2-1-3-9(11)5-6-17(15,16)8-10(14)7-13/h1-4,10,13-14H,5-8H2/t10-/m0/s1. The van der Waals surface area contributed by atoms with Crippen LogP contribution in [0.15, 0.2) is 24.3 Å². The van der Waals surface area contributed by atoms with Crippen LogP contribution in [0.2, 0.25) is 5.02 Å². The van der Waals surface area contributed by atoms with E-state index in [-0.39, 0.29) is 5.75 Å². The normalized spacial score (nSPS) is 13.6. The van der Waals surface area contributed by atoms with Gasteiger partial charge in [-0.2, -0.15) is 0 Å². The number of hydrogen-bond acceptors (Lipinski definition) is 4. The van der Waals surface area contributed by atoms with Gasteiger partial charge in [0.25, 0.3) is 0 Å². The summed E-state index contributed by atoms with van der Waals surface area (Å²) in [6.45, 7) is -0.550. The minimum absolute atomic E-state index is 0.0895. The Bertz CT molecular complexity index is 458. The number of halogens is 1. The summed E-state index contributed by atoms with van der Waals surface area (Å²) < 4.78 is 23.1. The third-order valence-corrected chi connectivity index (χ3v) is 4.38. The number of benzene rings is 1. The summed E-state index contributed by atoms with van der Waals surface area (Å²) in [6.07, 6.45) is -0.911. The first-order valence-corrected chi connectivity index (χ1v) is 7.37. The van der Waals surface area contributed by atoms with Crippen molar-refractivity contribution in [1.29, 1.82) is 0 Å². The quantitative estimate of drug-likeness (QED) is 0.801. The fraction of sp³-hybridized carbons (Fsp3) is 0.455. The van der Waals surface area contributed by atoms with E-state index in [1.807, 2.05) is 0 Å². The van der Waals surface area contributed by atoms with E-state index in [0.717, 1.165) is 5.56 Å². The molecule has 0 fully saturated rings. The average molecular weight is 279 g/mol. The first-order chi connectivity index (χ1) is 7.94. The Hall–Kier alpha value is -0.620. The van der Waals surface area contributed by atoms with E-state index in [0.29, 0.717) is 11.4 Å². The largest absolute Gasteiger partial charge is 0.394 e. The second kappa shape index (κ2) is 6.35. The van der Waals surface area contributed by atoms with Crippen molar-refractivity contribution in [2.45, 2.75) is 12.5 Å². The van der Waals surface area contributed by atoms with E-state index >= 15 is 0 Å². The molecule has 6 heteroatoms. The molecule has 0 bridgehead atoms. The van der Waals surface area contributed by atoms with Gasteiger partial charge in [0.05, 0.1) is 24.2 Å². The van der Waals surface area contributed by atoms with Gasteiger partial charge in [0.1, 0.15) is 0 Å². The first-order valence-electron chi connectivity index (χ1n) is 5.17. The molecule has 0 saturated heterocycles. The summed E-state index contributed by atoms with van der Waals surface area (Å²) in [6, 6.07) is 7.03. The maximum Gasteiger partial charge on any atom is 0.153 e. The number of aliphatic hydroxyl groups excluding tert-OH is 2. The van der Waals surface area contributed by atoms with Gasteiger partial charge in [-0.15, -0.1) is 0 Å². The van der Waals surface area contributed by atoms with Gasteiger partial charge in [0.15, 0.2) is 9.84 Å². The van der Waals surface area contributed by atoms with Gasteiger partial charge in [-0.25, -0.2) is 8.42 Å². The van der Waals surface area contributed by atoms with Gasteiger partial charge < -0.3 is 10.2 Å². The van der Waals surface area contributed by atoms with Crippen LogP contribution >= 0.6 is 11.6 Å². The van der Waals surface area contributed by atoms with Crippen molar-refractivity contribution in [3.05, 3.63) is 34.9 Å². The molecular formula is C11H15ClO4S. The SMILES string of the molecule is O=S(=O)(CCc1ccccc1Cl)C[C@@H](O)CO. The molecule has 0 amide bonds. The molecule has 2 N–H and O–H groups in total. The summed E-state index contributed by atoms with van der Waals surface area (Å²) in [5.74, 6) is -0.512. The second-order valence-electron chi connectivity index (χ2n) is 3.79. The van der Waals surface area contributed by atoms with Crippen molar-refractivity contribution in [1.82, 2.24) is 0 Å². The first kappa shape index (κ1) is 14.4. The lowest BCUT2D eigenvalue weighted by Crippen LogP contribution is -2.26. The Morgan fingerprint density at radius 3 is 2.53 bits per heavy atom. The van der Waals surface area contributed by atoms with E-state index in [9.17, 15) is 8.42 Å². The van der Waals surface area contributed by atoms with Crippen LogP contribution in [0.25, 0.3) is 0 Å². The van der Waals surface area contributed by atoms with Crippen LogP contribution < -0.4 is 0 Å². The zero-order valence-corrected chi connectivity index (χ0v) is 10.8. The Kier molecular flexibility index (Phi) is 5.39. The highest BCUT2D eigenvalue weighted by Gasteiger charge is 2.17. The van der Waals surface area contributed by atoms with Crippen molar-refractivity contribution < 1.29 is 18.6 Å². The Labute approximate surface area is 106 Å². The minimum Gasteiger partial charge on any atom is -0.394 e. The van der Waals surface area contributed by atoms with Gasteiger partial charge in [-0.1, -0.05) is 29.8 Å². The van der Waals surface area contributed by atoms with Gasteiger partial charge in [-0.3, -0.25) is 0 Å². The maximum absolute atomic E-state index is 11.6. The molecule has 1 rings (SSSR count). The molecule has 1 atom stereocenters. The van der Waals surface area contributed by atoms with Gasteiger partial charge in [0.2, 0.25) is 0 Å². The maximum atomic E-state index is 11.6. The predicted octanol–water partition coefficient (Wildman–Crippen LogP) is 0.651. The molecule has 0 saturated carbocycles. The fourth-order valence-corrected chi connectivity index (χ4v) is 3.02. The molecular weight excluding hydrogens is 264 g/mol. The third-order valence-electron chi connectivity index (χ3n) is 2.30. The number of hydrogen-bond donors (Lipinski definition) is 2. The van der Waals surface area contributed by atoms with E-state index in [2.05, 4.69) is 0 Å². The predicted molar refractivity (Wildman–Crippen MR) is 66.9 cm³/mol. The average Bonchev–Trinajstić information content (AvgIpc) is 2.27. The monoisotopic (exact) mass is 278 g/mol. The molecule has 1 aromatic rings. The van der Waals surface area contributed by atoms with Gasteiger partial charge in [-0.05, 0) is 18.1 Å². The van der Waals surface area contributed by atoms with Crippen molar-refractivity contribution in [3.63, 3.8) is 0 Å². The van der Waals surface area contributed by atoms with Crippen molar-refractivity contribution in [2.24, 2.45) is 0 Å². The Morgan fingerprint density at radius 2 is 1.94 bits per heavy atom. The van der Waals surface area contributed by atoms with Crippen LogP contribution in [0, 0.1) is 0 Å². The van der Waals surface area contributed by atoms with Crippen LogP contribution in [0.5, 0.6) is 0 Å². The lowest BCUT2D eigenvalue weighted by Gasteiger charge is -2.09. The van der Waals surface area contributed by atoms with E-state index in [4.69, 9.17) is 21.8 Å². The topological polar surface area (TPSA) is 74.6 Å². The van der Waals surface area contributed by atoms with Crippen molar-refractivity contribution in [2.75, 3.05) is 18.1 Å². The number of aliphatic hydroxyl groups is 2. The van der Waals surface area contributed by atoms with Crippen LogP contribution in [-0.4, -0.2) is 42.8 Å². The highest BCUT2D eigenvalue weighted by atomic mass is 35.5. The molecule has 0 aliphatic carbocycles. The van der Waals surface area contributed by atoms with Gasteiger partial charge in [0, 0.05) is 5.02 Å². The summed E-state index contributed by atoms with van der Waals surface area (Å²) in [4.78, 5) is 0. The zero-order valence-electron chi connectivity index (χ0n) is 9.21. The lowest BCUT2D eigenvalue weighted by molar-refractivity contribution is 0.112. The molecule has 4 nitrogen and oxygen atoms in total. The summed E-state index contributed by atoms with van der Waals surface area (Å²) in [5, 5.41) is 18.2. The Morgan fingerprint density at radius 1 is 1.29 bits per heavy atom. The molecule has 0 spiro atoms. The van der Waals surface area contributed by atoms with Crippen LogP contribution in [0.1, 0.15) is 5.56 Å². The van der Waals surface area contributed by atoms with E-state index in [1.165, 1.54) is 0 Å². The molecule has 0 aliphatic rings. The van der Waals surface area contributed by atoms with E-state index < -0.39 is 28.3 Å². The molecule has 96 valence electrons. The third kappa shape index (κ3) is 5.04. The second-order valence-corrected chi connectivity index (χ2v) is 6.43. The summed E-state index contributed by atoms with van der Waals surface area (Å²) in [7, 11) is -3.38. The molecule has 0 aromatic heterocycles. The highest BCUT2D eigenvalue weighted by molar-refractivity contribution is 7.91. The van der Waals surface area contributed by atoms with E-state index in [1.54, 1.807) is 24.3 Å². The van der Waals surface area contributed by atoms with Gasteiger partial charge >= 0.3 is 0 Å². The lowest BCUT2D eigenvalue weighted by atomic mass is 10.2. The Balaban J connectivity index is 2.59. The fourth-order valence-electron chi connectivity index (χ4n) is 1.40.